The van der Waals surface area contributed by atoms with Gasteiger partial charge in [0.25, 0.3) is 0 Å². The zero-order valence-electron chi connectivity index (χ0n) is 8.73. The summed E-state index contributed by atoms with van der Waals surface area (Å²) in [6.45, 7) is 1.39. The third-order valence-electron chi connectivity index (χ3n) is 1.90. The van der Waals surface area contributed by atoms with E-state index in [4.69, 9.17) is 4.42 Å². The molecule has 0 fully saturated rings. The highest BCUT2D eigenvalue weighted by atomic mass is 16.6. The summed E-state index contributed by atoms with van der Waals surface area (Å²) >= 11 is 0. The molecule has 0 radical (unpaired) electrons. The van der Waals surface area contributed by atoms with Gasteiger partial charge in [0.05, 0.1) is 5.10 Å². The maximum absolute atomic E-state index is 11.0. The minimum Gasteiger partial charge on any atom is -0.446 e. The number of oxazole rings is 1. The summed E-state index contributed by atoms with van der Waals surface area (Å²) in [5.74, 6) is -0.372. The normalized spacial score (nSPS) is 10.4. The molecule has 0 aromatic carbocycles. The number of aromatic nitrogens is 4. The lowest BCUT2D eigenvalue weighted by Gasteiger charge is -1.88. The van der Waals surface area contributed by atoms with Gasteiger partial charge in [0.2, 0.25) is 5.89 Å². The van der Waals surface area contributed by atoms with Gasteiger partial charge >= 0.3 is 5.82 Å². The molecule has 0 amide bonds. The van der Waals surface area contributed by atoms with E-state index in [-0.39, 0.29) is 29.7 Å². The van der Waals surface area contributed by atoms with E-state index in [1.165, 1.54) is 13.2 Å². The van der Waals surface area contributed by atoms with Crippen LogP contribution in [0, 0.1) is 10.1 Å². The zero-order chi connectivity index (χ0) is 12.4. The number of nitrogens with zero attached hydrogens (tertiary/aromatic N) is 5. The van der Waals surface area contributed by atoms with Crippen LogP contribution in [0.4, 0.5) is 5.82 Å². The van der Waals surface area contributed by atoms with E-state index >= 15 is 0 Å². The van der Waals surface area contributed by atoms with Crippen molar-refractivity contribution in [1.29, 1.82) is 0 Å². The van der Waals surface area contributed by atoms with Crippen LogP contribution in [0.15, 0.2) is 16.9 Å². The number of ketones is 1. The average Bonchev–Trinajstić information content (AvgIpc) is 2.87. The summed E-state index contributed by atoms with van der Waals surface area (Å²) in [6, 6.07) is 0. The number of carbonyl (C=O) groups excluding carboxylic acids is 1. The Bertz CT molecular complexity index is 522. The fourth-order valence-electron chi connectivity index (χ4n) is 1.11. The molecule has 0 saturated heterocycles. The standard InChI is InChI=1S/C8H7N5O4/c1-5(14)6-4-17-8(10-6)3-12-9-2-7(11-12)13(15)16/h2,4H,3H2,1H3. The van der Waals surface area contributed by atoms with E-state index in [2.05, 4.69) is 15.2 Å². The molecule has 0 aliphatic heterocycles. The van der Waals surface area contributed by atoms with Gasteiger partial charge in [0, 0.05) is 6.92 Å². The van der Waals surface area contributed by atoms with E-state index in [0.717, 1.165) is 11.0 Å². The van der Waals surface area contributed by atoms with Crippen molar-refractivity contribution in [3.8, 4) is 0 Å². The first-order valence-electron chi connectivity index (χ1n) is 4.56. The van der Waals surface area contributed by atoms with Crippen molar-refractivity contribution in [3.05, 3.63) is 34.2 Å². The molecule has 17 heavy (non-hydrogen) atoms. The van der Waals surface area contributed by atoms with Crippen molar-refractivity contribution in [3.63, 3.8) is 0 Å². The largest absolute Gasteiger partial charge is 0.446 e. The van der Waals surface area contributed by atoms with Gasteiger partial charge in [-0.2, -0.15) is 0 Å². The minimum atomic E-state index is -0.653. The molecule has 2 rings (SSSR count). The molecule has 9 nitrogen and oxygen atoms in total. The van der Waals surface area contributed by atoms with Crippen LogP contribution in [0.3, 0.4) is 0 Å². The first kappa shape index (κ1) is 10.9. The summed E-state index contributed by atoms with van der Waals surface area (Å²) in [5.41, 5.74) is 0.196. The molecule has 0 aliphatic rings. The van der Waals surface area contributed by atoms with Gasteiger partial charge in [-0.1, -0.05) is 4.80 Å². The quantitative estimate of drug-likeness (QED) is 0.429. The van der Waals surface area contributed by atoms with Crippen molar-refractivity contribution in [2.45, 2.75) is 13.5 Å². The Morgan fingerprint density at radius 1 is 1.65 bits per heavy atom. The highest BCUT2D eigenvalue weighted by Crippen LogP contribution is 2.06. The molecule has 0 aliphatic carbocycles. The number of Topliss-reactive ketones (excluding diaryl/α,β-unsaturated/α-hetero) is 1. The Morgan fingerprint density at radius 2 is 2.41 bits per heavy atom. The number of hydrogen-bond donors (Lipinski definition) is 0. The maximum Gasteiger partial charge on any atom is 0.410 e. The molecule has 2 aromatic heterocycles. The highest BCUT2D eigenvalue weighted by molar-refractivity contribution is 5.91. The molecule has 0 saturated carbocycles. The fourth-order valence-corrected chi connectivity index (χ4v) is 1.11. The molecule has 2 aromatic rings. The van der Waals surface area contributed by atoms with E-state index < -0.39 is 4.92 Å². The van der Waals surface area contributed by atoms with Crippen molar-refractivity contribution < 1.29 is 14.1 Å². The Labute approximate surface area is 94.2 Å². The molecule has 0 bridgehead atoms. The summed E-state index contributed by atoms with van der Waals surface area (Å²) in [4.78, 5) is 25.6. The summed E-state index contributed by atoms with van der Waals surface area (Å²) < 4.78 is 5.00. The summed E-state index contributed by atoms with van der Waals surface area (Å²) in [5, 5.41) is 17.6. The predicted octanol–water partition coefficient (Wildman–Crippen LogP) is 0.425. The molecule has 9 heteroatoms. The van der Waals surface area contributed by atoms with Crippen molar-refractivity contribution in [2.24, 2.45) is 0 Å². The summed E-state index contributed by atoms with van der Waals surface area (Å²) in [7, 11) is 0. The molecule has 2 heterocycles. The lowest BCUT2D eigenvalue weighted by molar-refractivity contribution is -0.389. The Balaban J connectivity index is 2.13. The second kappa shape index (κ2) is 4.12. The van der Waals surface area contributed by atoms with Crippen molar-refractivity contribution >= 4 is 11.6 Å². The second-order valence-electron chi connectivity index (χ2n) is 3.17. The summed E-state index contributed by atoms with van der Waals surface area (Å²) in [6.07, 6.45) is 2.24. The number of hydrogen-bond acceptors (Lipinski definition) is 7. The molecule has 0 N–H and O–H groups in total. The van der Waals surface area contributed by atoms with Crippen LogP contribution in [0.1, 0.15) is 23.3 Å². The van der Waals surface area contributed by atoms with Gasteiger partial charge in [0.1, 0.15) is 12.0 Å². The van der Waals surface area contributed by atoms with E-state index in [1.54, 1.807) is 0 Å². The minimum absolute atomic E-state index is 0.0289. The Morgan fingerprint density at radius 3 is 2.94 bits per heavy atom. The fraction of sp³-hybridized carbons (Fsp3) is 0.250. The first-order chi connectivity index (χ1) is 8.06. The monoisotopic (exact) mass is 237 g/mol. The zero-order valence-corrected chi connectivity index (χ0v) is 8.73. The molecule has 0 unspecified atom stereocenters. The maximum atomic E-state index is 11.0. The third-order valence-corrected chi connectivity index (χ3v) is 1.90. The molecular weight excluding hydrogens is 230 g/mol. The van der Waals surface area contributed by atoms with Crippen LogP contribution < -0.4 is 0 Å². The van der Waals surface area contributed by atoms with E-state index in [9.17, 15) is 14.9 Å². The lowest BCUT2D eigenvalue weighted by Crippen LogP contribution is -2.05. The van der Waals surface area contributed by atoms with Gasteiger partial charge in [-0.3, -0.25) is 4.79 Å². The topological polar surface area (TPSA) is 117 Å². The SMILES string of the molecule is CC(=O)c1coc(Cn2ncc([N+](=O)[O-])n2)n1. The van der Waals surface area contributed by atoms with Crippen LogP contribution in [-0.2, 0) is 6.54 Å². The van der Waals surface area contributed by atoms with Gasteiger partial charge in [-0.25, -0.2) is 4.98 Å². The lowest BCUT2D eigenvalue weighted by atomic mass is 10.3. The van der Waals surface area contributed by atoms with Crippen molar-refractivity contribution in [1.82, 2.24) is 20.0 Å². The molecule has 88 valence electrons. The van der Waals surface area contributed by atoms with Gasteiger partial charge in [-0.05, 0) is 4.92 Å². The van der Waals surface area contributed by atoms with Gasteiger partial charge in [-0.15, -0.1) is 5.10 Å². The van der Waals surface area contributed by atoms with Crippen LogP contribution in [0.25, 0.3) is 0 Å². The Kier molecular flexibility index (Phi) is 2.65. The average molecular weight is 237 g/mol. The number of carbonyl (C=O) groups is 1. The Hall–Kier alpha value is -2.58. The predicted molar refractivity (Wildman–Crippen MR) is 52.3 cm³/mol. The van der Waals surface area contributed by atoms with Gasteiger partial charge < -0.3 is 14.5 Å². The second-order valence-corrected chi connectivity index (χ2v) is 3.17. The van der Waals surface area contributed by atoms with Crippen LogP contribution in [0.5, 0.6) is 0 Å². The van der Waals surface area contributed by atoms with E-state index in [0.29, 0.717) is 0 Å². The van der Waals surface area contributed by atoms with Gasteiger partial charge in [0.15, 0.2) is 18.5 Å². The van der Waals surface area contributed by atoms with Crippen LogP contribution >= 0.6 is 0 Å². The van der Waals surface area contributed by atoms with Crippen LogP contribution in [0.2, 0.25) is 0 Å². The highest BCUT2D eigenvalue weighted by Gasteiger charge is 2.15. The van der Waals surface area contributed by atoms with E-state index in [1.807, 2.05) is 0 Å². The number of nitro groups is 1. The van der Waals surface area contributed by atoms with Crippen molar-refractivity contribution in [2.75, 3.05) is 0 Å². The molecule has 0 atom stereocenters. The smallest absolute Gasteiger partial charge is 0.410 e. The van der Waals surface area contributed by atoms with Crippen LogP contribution in [-0.4, -0.2) is 30.7 Å². The molecule has 0 spiro atoms. The first-order valence-corrected chi connectivity index (χ1v) is 4.56. The molecular formula is C8H7N5O4. The third kappa shape index (κ3) is 2.33. The number of rotatable bonds is 4.